The Kier molecular flexibility index (Phi) is 3.91. The predicted molar refractivity (Wildman–Crippen MR) is 124 cm³/mol. The molecule has 0 aliphatic carbocycles. The van der Waals surface area contributed by atoms with Crippen molar-refractivity contribution in [1.29, 1.82) is 0 Å². The van der Waals surface area contributed by atoms with Crippen molar-refractivity contribution in [2.24, 2.45) is 0 Å². The lowest BCUT2D eigenvalue weighted by Gasteiger charge is -2.29. The van der Waals surface area contributed by atoms with E-state index in [1.165, 1.54) is 9.80 Å². The van der Waals surface area contributed by atoms with Gasteiger partial charge >= 0.3 is 0 Å². The highest BCUT2D eigenvalue weighted by Crippen LogP contribution is 2.63. The lowest BCUT2D eigenvalue weighted by molar-refractivity contribution is -0.132. The molecule has 10 nitrogen and oxygen atoms in total. The van der Waals surface area contributed by atoms with Crippen LogP contribution >= 0.6 is 0 Å². The Morgan fingerprint density at radius 1 is 0.639 bits per heavy atom. The van der Waals surface area contributed by atoms with E-state index in [1.807, 2.05) is 0 Å². The summed E-state index contributed by atoms with van der Waals surface area (Å²) in [5.74, 6) is -1.22. The molecule has 0 aromatic heterocycles. The molecule has 0 saturated carbocycles. The lowest BCUT2D eigenvalue weighted by atomic mass is 9.80. The van der Waals surface area contributed by atoms with Gasteiger partial charge in [0.25, 0.3) is 11.8 Å². The van der Waals surface area contributed by atoms with Crippen LogP contribution < -0.4 is 28.7 Å². The number of anilines is 2. The third kappa shape index (κ3) is 2.19. The number of aliphatic hydroxyl groups is 2. The molecule has 182 valence electrons. The van der Waals surface area contributed by atoms with Crippen LogP contribution in [0.1, 0.15) is 22.3 Å². The highest BCUT2D eigenvalue weighted by molar-refractivity contribution is 6.12. The first-order valence-electron chi connectivity index (χ1n) is 11.3. The second-order valence-corrected chi connectivity index (χ2v) is 9.06. The number of benzene rings is 3. The highest BCUT2D eigenvalue weighted by Gasteiger charge is 2.60. The minimum Gasteiger partial charge on any atom is -0.453 e. The molecule has 0 fully saturated rings. The Labute approximate surface area is 204 Å². The fourth-order valence-electron chi connectivity index (χ4n) is 5.73. The number of para-hydroxylation sites is 2. The Bertz CT molecular complexity index is 1370. The number of fused-ring (bicyclic) bond motifs is 4. The van der Waals surface area contributed by atoms with Gasteiger partial charge in [-0.3, -0.25) is 9.59 Å². The SMILES string of the molecule is CN1C(=O)C(O)(c2c3c(c(C4(O)C(=O)N(C)c5ccccc54)c4c2OCO4)OCO3)c2ccccc21. The molecule has 2 unspecified atom stereocenters. The summed E-state index contributed by atoms with van der Waals surface area (Å²) in [6.45, 7) is -0.524. The van der Waals surface area contributed by atoms with Crippen LogP contribution in [0.15, 0.2) is 48.5 Å². The maximum atomic E-state index is 13.5. The van der Waals surface area contributed by atoms with Crippen LogP contribution in [0.25, 0.3) is 0 Å². The van der Waals surface area contributed by atoms with Crippen LogP contribution in [0.5, 0.6) is 23.0 Å². The lowest BCUT2D eigenvalue weighted by Crippen LogP contribution is -2.41. The molecule has 4 aliphatic rings. The molecule has 0 saturated heterocycles. The van der Waals surface area contributed by atoms with E-state index in [1.54, 1.807) is 62.6 Å². The van der Waals surface area contributed by atoms with Crippen molar-refractivity contribution >= 4 is 23.2 Å². The Morgan fingerprint density at radius 2 is 0.972 bits per heavy atom. The minimum atomic E-state index is -2.18. The number of carbonyl (C=O) groups excluding carboxylic acids is 2. The number of carbonyl (C=O) groups is 2. The van der Waals surface area contributed by atoms with E-state index in [2.05, 4.69) is 0 Å². The summed E-state index contributed by atoms with van der Waals surface area (Å²) in [5, 5.41) is 24.1. The fourth-order valence-corrected chi connectivity index (χ4v) is 5.73. The Balaban J connectivity index is 1.56. The summed E-state index contributed by atoms with van der Waals surface area (Å²) >= 11 is 0. The molecular formula is C26H20N2O8. The highest BCUT2D eigenvalue weighted by atomic mass is 16.7. The van der Waals surface area contributed by atoms with Gasteiger partial charge in [-0.2, -0.15) is 0 Å². The van der Waals surface area contributed by atoms with Gasteiger partial charge in [0.1, 0.15) is 0 Å². The summed E-state index contributed by atoms with van der Waals surface area (Å²) in [5.41, 5.74) is -2.65. The molecule has 2 atom stereocenters. The maximum Gasteiger partial charge on any atom is 0.268 e. The first-order valence-corrected chi connectivity index (χ1v) is 11.3. The van der Waals surface area contributed by atoms with Crippen molar-refractivity contribution in [3.63, 3.8) is 0 Å². The third-order valence-corrected chi connectivity index (χ3v) is 7.40. The smallest absolute Gasteiger partial charge is 0.268 e. The van der Waals surface area contributed by atoms with E-state index >= 15 is 0 Å². The molecule has 36 heavy (non-hydrogen) atoms. The van der Waals surface area contributed by atoms with Crippen LogP contribution in [0.2, 0.25) is 0 Å². The van der Waals surface area contributed by atoms with Gasteiger partial charge in [0, 0.05) is 25.2 Å². The topological polar surface area (TPSA) is 118 Å². The van der Waals surface area contributed by atoms with Crippen molar-refractivity contribution in [1.82, 2.24) is 0 Å². The molecule has 3 aromatic carbocycles. The molecule has 7 rings (SSSR count). The second-order valence-electron chi connectivity index (χ2n) is 9.06. The number of ether oxygens (including phenoxy) is 4. The molecule has 0 bridgehead atoms. The zero-order valence-electron chi connectivity index (χ0n) is 19.3. The molecule has 3 aromatic rings. The molecule has 4 heterocycles. The van der Waals surface area contributed by atoms with Crippen molar-refractivity contribution in [3.05, 3.63) is 70.8 Å². The third-order valence-electron chi connectivity index (χ3n) is 7.40. The molecule has 4 aliphatic heterocycles. The van der Waals surface area contributed by atoms with Gasteiger partial charge in [-0.1, -0.05) is 36.4 Å². The molecule has 10 heteroatoms. The van der Waals surface area contributed by atoms with Gasteiger partial charge in [-0.15, -0.1) is 0 Å². The number of hydrogen-bond acceptors (Lipinski definition) is 8. The standard InChI is InChI=1S/C26H20N2O8/c1-27-15-9-5-3-7-13(15)25(31,23(27)29)17-19-21(35-11-33-19)18(22-20(17)34-12-36-22)26(32)14-8-4-6-10-16(14)28(2)24(26)30/h3-10,31-32H,11-12H2,1-2H3. The van der Waals surface area contributed by atoms with Crippen molar-refractivity contribution in [3.8, 4) is 23.0 Å². The van der Waals surface area contributed by atoms with Gasteiger partial charge in [-0.25, -0.2) is 0 Å². The maximum absolute atomic E-state index is 13.5. The number of amides is 2. The number of likely N-dealkylation sites (N-methyl/N-ethyl adjacent to an activating group) is 2. The van der Waals surface area contributed by atoms with E-state index in [-0.39, 0.29) is 47.7 Å². The van der Waals surface area contributed by atoms with Crippen LogP contribution in [0.4, 0.5) is 11.4 Å². The summed E-state index contributed by atoms with van der Waals surface area (Å²) < 4.78 is 23.2. The van der Waals surface area contributed by atoms with Crippen LogP contribution in [-0.4, -0.2) is 49.7 Å². The first kappa shape index (κ1) is 21.0. The zero-order chi connectivity index (χ0) is 25.0. The van der Waals surface area contributed by atoms with E-state index in [4.69, 9.17) is 18.9 Å². The van der Waals surface area contributed by atoms with E-state index in [0.29, 0.717) is 22.5 Å². The zero-order valence-corrected chi connectivity index (χ0v) is 19.3. The average molecular weight is 488 g/mol. The average Bonchev–Trinajstić information content (AvgIpc) is 3.65. The normalized spacial score (nSPS) is 25.0. The summed E-state index contributed by atoms with van der Waals surface area (Å²) in [4.78, 5) is 29.7. The van der Waals surface area contributed by atoms with E-state index < -0.39 is 23.0 Å². The second kappa shape index (κ2) is 6.68. The first-order chi connectivity index (χ1) is 17.3. The molecule has 2 N–H and O–H groups in total. The summed E-state index contributed by atoms with van der Waals surface area (Å²) in [6.07, 6.45) is 0. The van der Waals surface area contributed by atoms with E-state index in [9.17, 15) is 19.8 Å². The number of hydrogen-bond donors (Lipinski definition) is 2. The molecular weight excluding hydrogens is 468 g/mol. The van der Waals surface area contributed by atoms with Gasteiger partial charge in [0.05, 0.1) is 22.5 Å². The minimum absolute atomic E-state index is 0.00321. The van der Waals surface area contributed by atoms with Crippen LogP contribution in [-0.2, 0) is 20.8 Å². The van der Waals surface area contributed by atoms with Crippen LogP contribution in [0.3, 0.4) is 0 Å². The van der Waals surface area contributed by atoms with Crippen molar-refractivity contribution in [2.75, 3.05) is 37.5 Å². The molecule has 0 spiro atoms. The molecule has 0 radical (unpaired) electrons. The molecule has 2 amide bonds. The Hall–Kier alpha value is -4.28. The Morgan fingerprint density at radius 3 is 1.33 bits per heavy atom. The number of nitrogens with zero attached hydrogens (tertiary/aromatic N) is 2. The summed E-state index contributed by atoms with van der Waals surface area (Å²) in [6, 6.07) is 13.7. The largest absolute Gasteiger partial charge is 0.453 e. The van der Waals surface area contributed by atoms with Gasteiger partial charge in [-0.05, 0) is 12.1 Å². The quantitative estimate of drug-likeness (QED) is 0.558. The monoisotopic (exact) mass is 488 g/mol. The van der Waals surface area contributed by atoms with Gasteiger partial charge in [0.15, 0.2) is 23.0 Å². The van der Waals surface area contributed by atoms with Gasteiger partial charge in [0.2, 0.25) is 24.8 Å². The summed E-state index contributed by atoms with van der Waals surface area (Å²) in [7, 11) is 3.13. The van der Waals surface area contributed by atoms with E-state index in [0.717, 1.165) is 0 Å². The van der Waals surface area contributed by atoms with Crippen LogP contribution in [0, 0.1) is 0 Å². The predicted octanol–water partition coefficient (Wildman–Crippen LogP) is 1.57. The van der Waals surface area contributed by atoms with Crippen molar-refractivity contribution in [2.45, 2.75) is 11.2 Å². The fraction of sp³-hybridized carbons (Fsp3) is 0.231. The van der Waals surface area contributed by atoms with Crippen molar-refractivity contribution < 1.29 is 38.7 Å². The van der Waals surface area contributed by atoms with Gasteiger partial charge < -0.3 is 39.0 Å². The number of rotatable bonds is 2.